The Morgan fingerprint density at radius 3 is 2.24 bits per heavy atom. The molecule has 0 saturated heterocycles. The molecule has 0 unspecified atom stereocenters. The molecule has 1 fully saturated rings. The molecule has 0 bridgehead atoms. The van der Waals surface area contributed by atoms with E-state index in [2.05, 4.69) is 0 Å². The second kappa shape index (κ2) is 5.69. The second-order valence-corrected chi connectivity index (χ2v) is 4.31. The highest BCUT2D eigenvalue weighted by Crippen LogP contribution is 2.29. The molecule has 17 heavy (non-hydrogen) atoms. The van der Waals surface area contributed by atoms with Gasteiger partial charge in [-0.3, -0.25) is 4.79 Å². The van der Waals surface area contributed by atoms with Crippen LogP contribution in [0.3, 0.4) is 0 Å². The number of hydrogen-bond donors (Lipinski definition) is 0. The number of halogens is 4. The van der Waals surface area contributed by atoms with Gasteiger partial charge in [-0.15, -0.1) is 0 Å². The Hall–Kier alpha value is -0.810. The predicted octanol–water partition coefficient (Wildman–Crippen LogP) is 3.07. The molecule has 1 aliphatic rings. The van der Waals surface area contributed by atoms with Crippen LogP contribution in [0.4, 0.5) is 17.6 Å². The lowest BCUT2D eigenvalue weighted by atomic mass is 9.94. The van der Waals surface area contributed by atoms with Gasteiger partial charge in [0.15, 0.2) is 0 Å². The average molecular weight is 255 g/mol. The molecular formula is C11H17F4NO. The standard InChI is InChI=1S/C11H17F4NO/c1-2-16(8-6-4-3-5-7-8)10(17)11(14,15)9(12)13/h8-9H,2-7H2,1H3. The fraction of sp³-hybridized carbons (Fsp3) is 0.909. The number of alkyl halides is 4. The van der Waals surface area contributed by atoms with Crippen LogP contribution in [0.25, 0.3) is 0 Å². The summed E-state index contributed by atoms with van der Waals surface area (Å²) in [5.74, 6) is -6.30. The van der Waals surface area contributed by atoms with Gasteiger partial charge in [0.05, 0.1) is 0 Å². The lowest BCUT2D eigenvalue weighted by molar-refractivity contribution is -0.183. The van der Waals surface area contributed by atoms with Crippen LogP contribution in [0.5, 0.6) is 0 Å². The monoisotopic (exact) mass is 255 g/mol. The largest absolute Gasteiger partial charge is 0.383 e. The van der Waals surface area contributed by atoms with Crippen LogP contribution >= 0.6 is 0 Å². The highest BCUT2D eigenvalue weighted by atomic mass is 19.3. The molecule has 0 aromatic rings. The zero-order valence-corrected chi connectivity index (χ0v) is 9.76. The van der Waals surface area contributed by atoms with E-state index in [0.717, 1.165) is 24.2 Å². The first-order chi connectivity index (χ1) is 7.91. The fourth-order valence-electron chi connectivity index (χ4n) is 2.25. The molecule has 0 aromatic heterocycles. The van der Waals surface area contributed by atoms with E-state index in [9.17, 15) is 22.4 Å². The second-order valence-electron chi connectivity index (χ2n) is 4.31. The molecule has 0 aromatic carbocycles. The van der Waals surface area contributed by atoms with Crippen molar-refractivity contribution in [2.24, 2.45) is 0 Å². The van der Waals surface area contributed by atoms with Crippen molar-refractivity contribution in [3.63, 3.8) is 0 Å². The van der Waals surface area contributed by atoms with E-state index in [0.29, 0.717) is 12.8 Å². The summed E-state index contributed by atoms with van der Waals surface area (Å²) >= 11 is 0. The van der Waals surface area contributed by atoms with Gasteiger partial charge in [0.1, 0.15) is 0 Å². The highest BCUT2D eigenvalue weighted by Gasteiger charge is 2.51. The van der Waals surface area contributed by atoms with E-state index in [1.807, 2.05) is 0 Å². The molecule has 100 valence electrons. The van der Waals surface area contributed by atoms with E-state index >= 15 is 0 Å². The summed E-state index contributed by atoms with van der Waals surface area (Å²) in [6, 6.07) is -0.314. The molecule has 1 saturated carbocycles. The molecule has 0 spiro atoms. The fourth-order valence-corrected chi connectivity index (χ4v) is 2.25. The van der Waals surface area contributed by atoms with Gasteiger partial charge < -0.3 is 4.90 Å². The zero-order chi connectivity index (χ0) is 13.1. The number of nitrogens with zero attached hydrogens (tertiary/aromatic N) is 1. The van der Waals surface area contributed by atoms with E-state index in [-0.39, 0.29) is 12.6 Å². The highest BCUT2D eigenvalue weighted by molar-refractivity contribution is 5.84. The van der Waals surface area contributed by atoms with Crippen LogP contribution in [0.15, 0.2) is 0 Å². The van der Waals surface area contributed by atoms with Gasteiger partial charge in [0.2, 0.25) is 0 Å². The Labute approximate surface area is 98.0 Å². The van der Waals surface area contributed by atoms with E-state index in [1.165, 1.54) is 6.92 Å². The third-order valence-corrected chi connectivity index (χ3v) is 3.18. The van der Waals surface area contributed by atoms with Crippen molar-refractivity contribution in [3.05, 3.63) is 0 Å². The van der Waals surface area contributed by atoms with Crippen molar-refractivity contribution < 1.29 is 22.4 Å². The molecule has 1 amide bonds. The molecule has 0 aliphatic heterocycles. The van der Waals surface area contributed by atoms with Crippen molar-refractivity contribution in [2.75, 3.05) is 6.54 Å². The lowest BCUT2D eigenvalue weighted by Crippen LogP contribution is -2.52. The zero-order valence-electron chi connectivity index (χ0n) is 9.76. The normalized spacial score (nSPS) is 18.5. The average Bonchev–Trinajstić information content (AvgIpc) is 2.31. The molecule has 0 radical (unpaired) electrons. The Morgan fingerprint density at radius 1 is 1.29 bits per heavy atom. The molecule has 2 nitrogen and oxygen atoms in total. The topological polar surface area (TPSA) is 20.3 Å². The van der Waals surface area contributed by atoms with Gasteiger partial charge in [0, 0.05) is 12.6 Å². The smallest absolute Gasteiger partial charge is 0.335 e. The van der Waals surface area contributed by atoms with Gasteiger partial charge in [-0.1, -0.05) is 19.3 Å². The van der Waals surface area contributed by atoms with Crippen molar-refractivity contribution in [3.8, 4) is 0 Å². The van der Waals surface area contributed by atoms with Crippen molar-refractivity contribution in [2.45, 2.75) is 57.4 Å². The first-order valence-electron chi connectivity index (χ1n) is 5.88. The van der Waals surface area contributed by atoms with Gasteiger partial charge in [-0.2, -0.15) is 8.78 Å². The van der Waals surface area contributed by atoms with Crippen molar-refractivity contribution >= 4 is 5.91 Å². The first kappa shape index (κ1) is 14.3. The number of carbonyl (C=O) groups excluding carboxylic acids is 1. The minimum absolute atomic E-state index is 0.0474. The molecule has 6 heteroatoms. The van der Waals surface area contributed by atoms with E-state index in [4.69, 9.17) is 0 Å². The summed E-state index contributed by atoms with van der Waals surface area (Å²) in [6.07, 6.45) is 0.0296. The van der Waals surface area contributed by atoms with Crippen LogP contribution in [0, 0.1) is 0 Å². The van der Waals surface area contributed by atoms with Crippen LogP contribution < -0.4 is 0 Å². The van der Waals surface area contributed by atoms with Gasteiger partial charge >= 0.3 is 12.3 Å². The molecule has 1 rings (SSSR count). The first-order valence-corrected chi connectivity index (χ1v) is 5.88. The Balaban J connectivity index is 2.75. The van der Waals surface area contributed by atoms with Gasteiger partial charge in [-0.05, 0) is 19.8 Å². The quantitative estimate of drug-likeness (QED) is 0.707. The van der Waals surface area contributed by atoms with E-state index in [1.54, 1.807) is 0 Å². The number of hydrogen-bond acceptors (Lipinski definition) is 1. The molecule has 0 atom stereocenters. The third-order valence-electron chi connectivity index (χ3n) is 3.18. The summed E-state index contributed by atoms with van der Waals surface area (Å²) in [5.41, 5.74) is 0. The molecule has 0 N–H and O–H groups in total. The maximum absolute atomic E-state index is 13.0. The molecule has 1 aliphatic carbocycles. The van der Waals surface area contributed by atoms with E-state index < -0.39 is 18.3 Å². The van der Waals surface area contributed by atoms with Crippen molar-refractivity contribution in [1.29, 1.82) is 0 Å². The van der Waals surface area contributed by atoms with Gasteiger partial charge in [-0.25, -0.2) is 8.78 Å². The maximum atomic E-state index is 13.0. The minimum Gasteiger partial charge on any atom is -0.335 e. The van der Waals surface area contributed by atoms with Crippen molar-refractivity contribution in [1.82, 2.24) is 4.90 Å². The predicted molar refractivity (Wildman–Crippen MR) is 55.2 cm³/mol. The lowest BCUT2D eigenvalue weighted by Gasteiger charge is -2.35. The minimum atomic E-state index is -4.56. The number of rotatable bonds is 4. The summed E-state index contributed by atoms with van der Waals surface area (Å²) < 4.78 is 50.2. The molecular weight excluding hydrogens is 238 g/mol. The van der Waals surface area contributed by atoms with Crippen LogP contribution in [-0.4, -0.2) is 35.7 Å². The summed E-state index contributed by atoms with van der Waals surface area (Å²) in [4.78, 5) is 12.3. The Morgan fingerprint density at radius 2 is 1.82 bits per heavy atom. The Bertz CT molecular complexity index is 264. The summed E-state index contributed by atoms with van der Waals surface area (Å²) in [6.45, 7) is 1.58. The SMILES string of the molecule is CCN(C(=O)C(F)(F)C(F)F)C1CCCCC1. The maximum Gasteiger partial charge on any atom is 0.383 e. The third kappa shape index (κ3) is 3.10. The van der Waals surface area contributed by atoms with Crippen LogP contribution in [-0.2, 0) is 4.79 Å². The summed E-state index contributed by atoms with van der Waals surface area (Å²) in [7, 11) is 0. The Kier molecular flexibility index (Phi) is 4.77. The van der Waals surface area contributed by atoms with Crippen LogP contribution in [0.2, 0.25) is 0 Å². The van der Waals surface area contributed by atoms with Crippen LogP contribution in [0.1, 0.15) is 39.0 Å². The number of amides is 1. The molecule has 0 heterocycles. The number of carbonyl (C=O) groups is 1. The van der Waals surface area contributed by atoms with Gasteiger partial charge in [0.25, 0.3) is 5.91 Å². The summed E-state index contributed by atoms with van der Waals surface area (Å²) in [5, 5.41) is 0.